The number of hydrogen-bond donors (Lipinski definition) is 1. The van der Waals surface area contributed by atoms with Gasteiger partial charge in [0.05, 0.1) is 16.9 Å². The highest BCUT2D eigenvalue weighted by atomic mass is 127. The number of methoxy groups -OCH3 is 1. The maximum absolute atomic E-state index is 8.60. The number of halogens is 2. The van der Waals surface area contributed by atoms with E-state index in [1.54, 1.807) is 13.2 Å². The minimum absolute atomic E-state index is 0.414. The van der Waals surface area contributed by atoms with Crippen LogP contribution in [0, 0.1) is 3.57 Å². The Bertz CT molecular complexity index is 644. The fourth-order valence-corrected chi connectivity index (χ4v) is 2.66. The standard InChI is InChI=1S/C15H13ClINO3/c1-20-14-7-11(8-18-19)6-13(17)15(14)21-9-10-2-4-12(16)5-3-10/h2-8,19H,9H2,1H3. The van der Waals surface area contributed by atoms with Crippen LogP contribution in [0.25, 0.3) is 0 Å². The predicted molar refractivity (Wildman–Crippen MR) is 90.9 cm³/mol. The normalized spacial score (nSPS) is 10.8. The van der Waals surface area contributed by atoms with Crippen molar-refractivity contribution in [3.8, 4) is 11.5 Å². The van der Waals surface area contributed by atoms with Crippen molar-refractivity contribution in [2.24, 2.45) is 5.16 Å². The van der Waals surface area contributed by atoms with E-state index in [4.69, 9.17) is 26.3 Å². The maximum atomic E-state index is 8.60. The van der Waals surface area contributed by atoms with Crippen molar-refractivity contribution in [2.75, 3.05) is 7.11 Å². The van der Waals surface area contributed by atoms with Gasteiger partial charge in [-0.15, -0.1) is 0 Å². The fourth-order valence-electron chi connectivity index (χ4n) is 1.76. The Morgan fingerprint density at radius 1 is 1.29 bits per heavy atom. The Hall–Kier alpha value is -1.47. The molecule has 0 saturated heterocycles. The lowest BCUT2D eigenvalue weighted by atomic mass is 10.2. The summed E-state index contributed by atoms with van der Waals surface area (Å²) in [6.45, 7) is 0.414. The van der Waals surface area contributed by atoms with Crippen LogP contribution in [0.2, 0.25) is 5.02 Å². The maximum Gasteiger partial charge on any atom is 0.174 e. The van der Waals surface area contributed by atoms with Crippen molar-refractivity contribution in [1.29, 1.82) is 0 Å². The minimum atomic E-state index is 0.414. The van der Waals surface area contributed by atoms with Gasteiger partial charge in [-0.2, -0.15) is 0 Å². The van der Waals surface area contributed by atoms with E-state index in [-0.39, 0.29) is 0 Å². The molecule has 0 bridgehead atoms. The largest absolute Gasteiger partial charge is 0.493 e. The highest BCUT2D eigenvalue weighted by Gasteiger charge is 2.11. The molecule has 0 aliphatic heterocycles. The van der Waals surface area contributed by atoms with Gasteiger partial charge in [-0.25, -0.2) is 0 Å². The van der Waals surface area contributed by atoms with E-state index in [1.807, 2.05) is 30.3 Å². The molecular weight excluding hydrogens is 405 g/mol. The molecule has 1 N–H and O–H groups in total. The highest BCUT2D eigenvalue weighted by Crippen LogP contribution is 2.34. The molecule has 110 valence electrons. The molecule has 0 radical (unpaired) electrons. The van der Waals surface area contributed by atoms with Crippen LogP contribution >= 0.6 is 34.2 Å². The molecule has 0 atom stereocenters. The number of ether oxygens (including phenoxy) is 2. The first kappa shape index (κ1) is 15.9. The number of benzene rings is 2. The second-order valence-corrected chi connectivity index (χ2v) is 5.79. The lowest BCUT2D eigenvalue weighted by Crippen LogP contribution is -2.00. The molecule has 0 spiro atoms. The Morgan fingerprint density at radius 2 is 2.00 bits per heavy atom. The van der Waals surface area contributed by atoms with E-state index >= 15 is 0 Å². The zero-order valence-corrected chi connectivity index (χ0v) is 14.1. The quantitative estimate of drug-likeness (QED) is 0.341. The molecule has 0 saturated carbocycles. The number of oxime groups is 1. The third-order valence-corrected chi connectivity index (χ3v) is 3.81. The van der Waals surface area contributed by atoms with Crippen LogP contribution in [0.3, 0.4) is 0 Å². The van der Waals surface area contributed by atoms with Gasteiger partial charge >= 0.3 is 0 Å². The third kappa shape index (κ3) is 4.25. The van der Waals surface area contributed by atoms with E-state index in [0.29, 0.717) is 23.1 Å². The van der Waals surface area contributed by atoms with Crippen molar-refractivity contribution >= 4 is 40.4 Å². The van der Waals surface area contributed by atoms with Crippen LogP contribution in [0.5, 0.6) is 11.5 Å². The summed E-state index contributed by atoms with van der Waals surface area (Å²) in [5.41, 5.74) is 1.75. The predicted octanol–water partition coefficient (Wildman–Crippen LogP) is 4.34. The van der Waals surface area contributed by atoms with E-state index < -0.39 is 0 Å². The highest BCUT2D eigenvalue weighted by molar-refractivity contribution is 14.1. The van der Waals surface area contributed by atoms with Gasteiger partial charge in [0.25, 0.3) is 0 Å². The van der Waals surface area contributed by atoms with Crippen molar-refractivity contribution in [3.63, 3.8) is 0 Å². The zero-order valence-electron chi connectivity index (χ0n) is 11.2. The summed E-state index contributed by atoms with van der Waals surface area (Å²) in [6.07, 6.45) is 1.34. The van der Waals surface area contributed by atoms with Gasteiger partial charge < -0.3 is 14.7 Å². The van der Waals surface area contributed by atoms with E-state index in [9.17, 15) is 0 Å². The summed E-state index contributed by atoms with van der Waals surface area (Å²) >= 11 is 8.01. The first-order chi connectivity index (χ1) is 10.1. The summed E-state index contributed by atoms with van der Waals surface area (Å²) in [5.74, 6) is 1.24. The average molecular weight is 418 g/mol. The van der Waals surface area contributed by atoms with Gasteiger partial charge in [0, 0.05) is 10.6 Å². The lowest BCUT2D eigenvalue weighted by molar-refractivity contribution is 0.282. The molecule has 0 unspecified atom stereocenters. The molecule has 0 aromatic heterocycles. The molecule has 2 aromatic carbocycles. The second-order valence-electron chi connectivity index (χ2n) is 4.19. The first-order valence-electron chi connectivity index (χ1n) is 6.06. The minimum Gasteiger partial charge on any atom is -0.493 e. The molecule has 0 aliphatic carbocycles. The zero-order chi connectivity index (χ0) is 15.2. The molecule has 0 heterocycles. The van der Waals surface area contributed by atoms with Gasteiger partial charge in [0.15, 0.2) is 11.5 Å². The third-order valence-electron chi connectivity index (χ3n) is 2.76. The molecule has 21 heavy (non-hydrogen) atoms. The number of hydrogen-bond acceptors (Lipinski definition) is 4. The number of rotatable bonds is 5. The Morgan fingerprint density at radius 3 is 2.62 bits per heavy atom. The SMILES string of the molecule is COc1cc(C=NO)cc(I)c1OCc1ccc(Cl)cc1. The molecule has 0 aliphatic rings. The van der Waals surface area contributed by atoms with Gasteiger partial charge in [0.1, 0.15) is 6.61 Å². The van der Waals surface area contributed by atoms with Crippen molar-refractivity contribution in [1.82, 2.24) is 0 Å². The van der Waals surface area contributed by atoms with Gasteiger partial charge in [-0.1, -0.05) is 28.9 Å². The van der Waals surface area contributed by atoms with Crippen molar-refractivity contribution in [3.05, 3.63) is 56.1 Å². The van der Waals surface area contributed by atoms with Crippen molar-refractivity contribution in [2.45, 2.75) is 6.61 Å². The van der Waals surface area contributed by atoms with Crippen molar-refractivity contribution < 1.29 is 14.7 Å². The second kappa shape index (κ2) is 7.51. The van der Waals surface area contributed by atoms with E-state index in [0.717, 1.165) is 14.7 Å². The van der Waals surface area contributed by atoms with Crippen LogP contribution in [0.1, 0.15) is 11.1 Å². The van der Waals surface area contributed by atoms with E-state index in [2.05, 4.69) is 27.7 Å². The van der Waals surface area contributed by atoms with Crippen LogP contribution in [-0.2, 0) is 6.61 Å². The van der Waals surface area contributed by atoms with Crippen LogP contribution in [0.4, 0.5) is 0 Å². The molecule has 2 rings (SSSR count). The first-order valence-corrected chi connectivity index (χ1v) is 7.52. The molecule has 6 heteroatoms. The Labute approximate surface area is 141 Å². The average Bonchev–Trinajstić information content (AvgIpc) is 2.47. The molecule has 0 fully saturated rings. The van der Waals surface area contributed by atoms with Gasteiger partial charge in [0.2, 0.25) is 0 Å². The molecular formula is C15H13ClINO3. The summed E-state index contributed by atoms with van der Waals surface area (Å²) in [5, 5.41) is 12.3. The Kier molecular flexibility index (Phi) is 5.69. The lowest BCUT2D eigenvalue weighted by Gasteiger charge is -2.13. The van der Waals surface area contributed by atoms with Crippen LogP contribution < -0.4 is 9.47 Å². The smallest absolute Gasteiger partial charge is 0.174 e. The fraction of sp³-hybridized carbons (Fsp3) is 0.133. The topological polar surface area (TPSA) is 51.0 Å². The van der Waals surface area contributed by atoms with Gasteiger partial charge in [-0.05, 0) is 52.4 Å². The summed E-state index contributed by atoms with van der Waals surface area (Å²) in [7, 11) is 1.57. The number of nitrogens with zero attached hydrogens (tertiary/aromatic N) is 1. The van der Waals surface area contributed by atoms with E-state index in [1.165, 1.54) is 6.21 Å². The Balaban J connectivity index is 2.20. The summed E-state index contributed by atoms with van der Waals surface area (Å²) in [4.78, 5) is 0. The molecule has 0 amide bonds. The summed E-state index contributed by atoms with van der Waals surface area (Å²) < 4.78 is 12.0. The molecule has 4 nitrogen and oxygen atoms in total. The molecule has 2 aromatic rings. The monoisotopic (exact) mass is 417 g/mol. The summed E-state index contributed by atoms with van der Waals surface area (Å²) in [6, 6.07) is 11.1. The van der Waals surface area contributed by atoms with Gasteiger partial charge in [-0.3, -0.25) is 0 Å². The van der Waals surface area contributed by atoms with Crippen LogP contribution in [-0.4, -0.2) is 18.5 Å². The van der Waals surface area contributed by atoms with Crippen LogP contribution in [0.15, 0.2) is 41.6 Å².